The number of H-pyrrole nitrogens is 1. The van der Waals surface area contributed by atoms with Crippen LogP contribution >= 0.6 is 0 Å². The zero-order valence-corrected chi connectivity index (χ0v) is 15.2. The van der Waals surface area contributed by atoms with Gasteiger partial charge in [-0.1, -0.05) is 24.3 Å². The second-order valence-corrected chi connectivity index (χ2v) is 6.88. The zero-order chi connectivity index (χ0) is 19.3. The van der Waals surface area contributed by atoms with Gasteiger partial charge in [0.15, 0.2) is 0 Å². The third kappa shape index (κ3) is 2.83. The molecule has 0 fully saturated rings. The first kappa shape index (κ1) is 16.6. The van der Waals surface area contributed by atoms with E-state index >= 15 is 0 Å². The molecule has 3 aromatic heterocycles. The van der Waals surface area contributed by atoms with Crippen molar-refractivity contribution in [1.29, 1.82) is 0 Å². The SMILES string of the molecule is Cc1nnc(C2Cc3ccccc3CN2Cc2cc(=O)n3[nH]c(N)nc3n2)o1. The third-order valence-electron chi connectivity index (χ3n) is 4.94. The van der Waals surface area contributed by atoms with Gasteiger partial charge in [-0.3, -0.25) is 14.8 Å². The summed E-state index contributed by atoms with van der Waals surface area (Å²) in [5, 5.41) is 10.9. The Hall–Kier alpha value is -3.53. The van der Waals surface area contributed by atoms with E-state index in [1.165, 1.54) is 21.7 Å². The lowest BCUT2D eigenvalue weighted by Crippen LogP contribution is -2.34. The highest BCUT2D eigenvalue weighted by Crippen LogP contribution is 2.33. The maximum atomic E-state index is 12.3. The fourth-order valence-corrected chi connectivity index (χ4v) is 3.67. The molecule has 3 N–H and O–H groups in total. The van der Waals surface area contributed by atoms with Crippen LogP contribution in [-0.4, -0.2) is 34.7 Å². The Morgan fingerprint density at radius 1 is 1.25 bits per heavy atom. The minimum Gasteiger partial charge on any atom is -0.424 e. The monoisotopic (exact) mass is 378 g/mol. The Bertz CT molecular complexity index is 1220. The Morgan fingerprint density at radius 2 is 2.07 bits per heavy atom. The Morgan fingerprint density at radius 3 is 2.86 bits per heavy atom. The summed E-state index contributed by atoms with van der Waals surface area (Å²) >= 11 is 0. The van der Waals surface area contributed by atoms with Crippen LogP contribution in [0.15, 0.2) is 39.5 Å². The lowest BCUT2D eigenvalue weighted by molar-refractivity contribution is 0.135. The molecule has 4 heterocycles. The molecule has 142 valence electrons. The molecule has 1 aromatic carbocycles. The van der Waals surface area contributed by atoms with Gasteiger partial charge in [0.25, 0.3) is 11.3 Å². The van der Waals surface area contributed by atoms with E-state index < -0.39 is 0 Å². The van der Waals surface area contributed by atoms with Crippen LogP contribution in [0.2, 0.25) is 0 Å². The summed E-state index contributed by atoms with van der Waals surface area (Å²) in [5.74, 6) is 1.49. The van der Waals surface area contributed by atoms with Gasteiger partial charge in [-0.25, -0.2) is 4.98 Å². The number of anilines is 1. The number of aromatic amines is 1. The highest BCUT2D eigenvalue weighted by atomic mass is 16.4. The molecule has 5 rings (SSSR count). The lowest BCUT2D eigenvalue weighted by atomic mass is 9.93. The molecule has 10 nitrogen and oxygen atoms in total. The van der Waals surface area contributed by atoms with Crippen molar-refractivity contribution in [3.8, 4) is 0 Å². The maximum absolute atomic E-state index is 12.3. The van der Waals surface area contributed by atoms with E-state index in [1.54, 1.807) is 6.92 Å². The largest absolute Gasteiger partial charge is 0.424 e. The summed E-state index contributed by atoms with van der Waals surface area (Å²) in [5.41, 5.74) is 8.48. The fraction of sp³-hybridized carbons (Fsp3) is 0.278. The van der Waals surface area contributed by atoms with Crippen molar-refractivity contribution in [3.05, 3.63) is 69.3 Å². The number of nitrogen functional groups attached to an aromatic ring is 1. The minimum absolute atomic E-state index is 0.0967. The van der Waals surface area contributed by atoms with Crippen molar-refractivity contribution >= 4 is 11.7 Å². The predicted molar refractivity (Wildman–Crippen MR) is 99.2 cm³/mol. The average molecular weight is 378 g/mol. The Labute approximate surface area is 159 Å². The average Bonchev–Trinajstić information content (AvgIpc) is 3.26. The van der Waals surface area contributed by atoms with Crippen LogP contribution in [0.3, 0.4) is 0 Å². The van der Waals surface area contributed by atoms with E-state index in [1.807, 2.05) is 12.1 Å². The fourth-order valence-electron chi connectivity index (χ4n) is 3.67. The summed E-state index contributed by atoms with van der Waals surface area (Å²) in [7, 11) is 0. The molecule has 0 amide bonds. The van der Waals surface area contributed by atoms with Gasteiger partial charge >= 0.3 is 0 Å². The van der Waals surface area contributed by atoms with Crippen molar-refractivity contribution < 1.29 is 4.42 Å². The van der Waals surface area contributed by atoms with Crippen molar-refractivity contribution in [2.45, 2.75) is 32.5 Å². The molecular formula is C18H18N8O2. The molecule has 28 heavy (non-hydrogen) atoms. The normalized spacial score (nSPS) is 17.1. The number of hydrogen-bond donors (Lipinski definition) is 2. The summed E-state index contributed by atoms with van der Waals surface area (Å²) in [4.78, 5) is 23.1. The molecule has 10 heteroatoms. The second kappa shape index (κ2) is 6.27. The first-order chi connectivity index (χ1) is 13.6. The summed E-state index contributed by atoms with van der Waals surface area (Å²) in [6.07, 6.45) is 0.744. The number of aryl methyl sites for hydroxylation is 1. The molecule has 0 radical (unpaired) electrons. The van der Waals surface area contributed by atoms with Crippen molar-refractivity contribution in [1.82, 2.24) is 34.7 Å². The first-order valence-corrected chi connectivity index (χ1v) is 8.92. The number of hydrogen-bond acceptors (Lipinski definition) is 8. The summed E-state index contributed by atoms with van der Waals surface area (Å²) < 4.78 is 6.94. The smallest absolute Gasteiger partial charge is 0.274 e. The number of benzene rings is 1. The van der Waals surface area contributed by atoms with Crippen LogP contribution < -0.4 is 11.3 Å². The van der Waals surface area contributed by atoms with Gasteiger partial charge < -0.3 is 10.2 Å². The topological polar surface area (TPSA) is 131 Å². The molecule has 0 aliphatic carbocycles. The van der Waals surface area contributed by atoms with Gasteiger partial charge in [0, 0.05) is 26.1 Å². The number of aromatic nitrogens is 6. The lowest BCUT2D eigenvalue weighted by Gasteiger charge is -2.34. The van der Waals surface area contributed by atoms with Gasteiger partial charge in [0.1, 0.15) is 0 Å². The van der Waals surface area contributed by atoms with Crippen LogP contribution in [0.5, 0.6) is 0 Å². The van der Waals surface area contributed by atoms with E-state index in [4.69, 9.17) is 10.2 Å². The number of rotatable bonds is 3. The molecule has 1 unspecified atom stereocenters. The second-order valence-electron chi connectivity index (χ2n) is 6.88. The quantitative estimate of drug-likeness (QED) is 0.539. The molecular weight excluding hydrogens is 360 g/mol. The van der Waals surface area contributed by atoms with Crippen molar-refractivity contribution in [2.24, 2.45) is 0 Å². The van der Waals surface area contributed by atoms with Gasteiger partial charge in [-0.2, -0.15) is 9.50 Å². The number of fused-ring (bicyclic) bond motifs is 2. The molecule has 0 saturated carbocycles. The Balaban J connectivity index is 1.53. The van der Waals surface area contributed by atoms with Crippen molar-refractivity contribution in [2.75, 3.05) is 5.73 Å². The molecule has 1 aliphatic heterocycles. The molecule has 1 atom stereocenters. The summed E-state index contributed by atoms with van der Waals surface area (Å²) in [6, 6.07) is 9.67. The predicted octanol–water partition coefficient (Wildman–Crippen LogP) is 0.991. The highest BCUT2D eigenvalue weighted by Gasteiger charge is 2.31. The molecule has 1 aliphatic rings. The van der Waals surface area contributed by atoms with Gasteiger partial charge in [0.2, 0.25) is 17.7 Å². The van der Waals surface area contributed by atoms with E-state index in [9.17, 15) is 4.79 Å². The van der Waals surface area contributed by atoms with E-state index in [0.717, 1.165) is 6.42 Å². The number of nitrogens with two attached hydrogens (primary N) is 1. The Kier molecular flexibility index (Phi) is 3.72. The van der Waals surface area contributed by atoms with E-state index in [2.05, 4.69) is 42.3 Å². The van der Waals surface area contributed by atoms with Crippen LogP contribution in [0.1, 0.15) is 34.6 Å². The first-order valence-electron chi connectivity index (χ1n) is 8.92. The van der Waals surface area contributed by atoms with Gasteiger partial charge in [0.05, 0.1) is 11.7 Å². The molecule has 4 aromatic rings. The van der Waals surface area contributed by atoms with Crippen molar-refractivity contribution in [3.63, 3.8) is 0 Å². The highest BCUT2D eigenvalue weighted by molar-refractivity contribution is 5.34. The van der Waals surface area contributed by atoms with Crippen LogP contribution in [0, 0.1) is 6.92 Å². The standard InChI is InChI=1S/C18H18N8O2/c1-10-22-23-16(28-10)14-6-11-4-2-3-5-12(11)8-25(14)9-13-7-15(27)26-18(20-13)21-17(19)24-26/h2-5,7,14H,6,8-9H2,1H3,(H3,19,20,21,24). The third-order valence-corrected chi connectivity index (χ3v) is 4.94. The zero-order valence-electron chi connectivity index (χ0n) is 15.2. The van der Waals surface area contributed by atoms with Gasteiger partial charge in [-0.05, 0) is 17.5 Å². The molecule has 0 spiro atoms. The van der Waals surface area contributed by atoms with E-state index in [0.29, 0.717) is 30.6 Å². The maximum Gasteiger partial charge on any atom is 0.274 e. The van der Waals surface area contributed by atoms with Crippen LogP contribution in [-0.2, 0) is 19.5 Å². The number of nitrogens with zero attached hydrogens (tertiary/aromatic N) is 6. The minimum atomic E-state index is -0.258. The number of nitrogens with one attached hydrogen (secondary N) is 1. The summed E-state index contributed by atoms with van der Waals surface area (Å²) in [6.45, 7) is 2.90. The van der Waals surface area contributed by atoms with Gasteiger partial charge in [-0.15, -0.1) is 10.2 Å². The molecule has 0 bridgehead atoms. The van der Waals surface area contributed by atoms with Crippen LogP contribution in [0.4, 0.5) is 5.95 Å². The van der Waals surface area contributed by atoms with E-state index in [-0.39, 0.29) is 23.3 Å². The van der Waals surface area contributed by atoms with Crippen LogP contribution in [0.25, 0.3) is 5.78 Å². The molecule has 0 saturated heterocycles.